The average molecular weight is 484 g/mol. The molecule has 5 rings (SSSR count). The van der Waals surface area contributed by atoms with Crippen molar-refractivity contribution in [2.24, 2.45) is 0 Å². The number of hydrogen-bond acceptors (Lipinski definition) is 6. The van der Waals surface area contributed by atoms with Gasteiger partial charge in [-0.3, -0.25) is 4.57 Å². The van der Waals surface area contributed by atoms with E-state index in [1.807, 2.05) is 61.0 Å². The van der Waals surface area contributed by atoms with Crippen LogP contribution in [0.3, 0.4) is 0 Å². The Morgan fingerprint density at radius 2 is 1.78 bits per heavy atom. The number of imidazole rings is 1. The molecule has 4 aromatic rings. The molecule has 0 aliphatic heterocycles. The zero-order chi connectivity index (χ0) is 25.3. The van der Waals surface area contributed by atoms with Crippen molar-refractivity contribution in [1.29, 1.82) is 0 Å². The van der Waals surface area contributed by atoms with Crippen LogP contribution in [0.1, 0.15) is 64.3 Å². The lowest BCUT2D eigenvalue weighted by atomic mass is 9.74. The number of carboxylic acids is 1. The van der Waals surface area contributed by atoms with Gasteiger partial charge in [-0.1, -0.05) is 18.2 Å². The Morgan fingerprint density at radius 3 is 2.53 bits per heavy atom. The summed E-state index contributed by atoms with van der Waals surface area (Å²) in [5, 5.41) is 24.2. The highest BCUT2D eigenvalue weighted by molar-refractivity contribution is 5.89. The number of aliphatic hydroxyl groups is 1. The number of aromatic carboxylic acids is 1. The molecule has 0 radical (unpaired) electrons. The first-order valence-corrected chi connectivity index (χ1v) is 12.1. The summed E-state index contributed by atoms with van der Waals surface area (Å²) in [7, 11) is 0. The molecule has 3 N–H and O–H groups in total. The molecular formula is C28H29N5O3. The number of pyridine rings is 2. The number of benzene rings is 1. The van der Waals surface area contributed by atoms with E-state index >= 15 is 0 Å². The van der Waals surface area contributed by atoms with Crippen LogP contribution in [0.2, 0.25) is 0 Å². The first-order chi connectivity index (χ1) is 17.3. The SMILES string of the molecule is Cc1ccnc(Nc2cc(C)cc(-n3cnc(C4(O)CCC(c5ccccc5C(=O)O)CC4)c3)n2)c1. The Hall–Kier alpha value is -4.04. The van der Waals surface area contributed by atoms with E-state index in [9.17, 15) is 15.0 Å². The number of nitrogens with zero attached hydrogens (tertiary/aromatic N) is 4. The predicted octanol–water partition coefficient (Wildman–Crippen LogP) is 5.27. The highest BCUT2D eigenvalue weighted by Gasteiger charge is 2.38. The van der Waals surface area contributed by atoms with Crippen molar-refractivity contribution in [3.63, 3.8) is 0 Å². The van der Waals surface area contributed by atoms with Crippen molar-refractivity contribution in [3.8, 4) is 5.82 Å². The second-order valence-electron chi connectivity index (χ2n) is 9.60. The largest absolute Gasteiger partial charge is 0.478 e. The molecule has 1 aliphatic carbocycles. The minimum Gasteiger partial charge on any atom is -0.478 e. The van der Waals surface area contributed by atoms with Crippen LogP contribution in [0, 0.1) is 13.8 Å². The molecule has 36 heavy (non-hydrogen) atoms. The van der Waals surface area contributed by atoms with Crippen LogP contribution in [-0.2, 0) is 5.60 Å². The molecule has 0 spiro atoms. The zero-order valence-electron chi connectivity index (χ0n) is 20.3. The normalized spacial score (nSPS) is 19.7. The molecule has 0 unspecified atom stereocenters. The molecular weight excluding hydrogens is 454 g/mol. The first-order valence-electron chi connectivity index (χ1n) is 12.1. The lowest BCUT2D eigenvalue weighted by Gasteiger charge is -2.35. The summed E-state index contributed by atoms with van der Waals surface area (Å²) in [5.41, 5.74) is 2.86. The van der Waals surface area contributed by atoms with Crippen LogP contribution in [-0.4, -0.2) is 35.7 Å². The summed E-state index contributed by atoms with van der Waals surface area (Å²) < 4.78 is 1.82. The lowest BCUT2D eigenvalue weighted by Crippen LogP contribution is -2.31. The first kappa shape index (κ1) is 23.7. The fraction of sp³-hybridized carbons (Fsp3) is 0.286. The molecule has 8 heteroatoms. The number of aryl methyl sites for hydroxylation is 2. The minimum atomic E-state index is -1.06. The van der Waals surface area contributed by atoms with Crippen molar-refractivity contribution in [3.05, 3.63) is 95.2 Å². The van der Waals surface area contributed by atoms with Crippen molar-refractivity contribution in [2.45, 2.75) is 51.0 Å². The minimum absolute atomic E-state index is 0.0990. The second kappa shape index (κ2) is 9.54. The van der Waals surface area contributed by atoms with Gasteiger partial charge in [0.1, 0.15) is 29.4 Å². The van der Waals surface area contributed by atoms with E-state index in [1.54, 1.807) is 24.7 Å². The Kier molecular flexibility index (Phi) is 6.28. The monoisotopic (exact) mass is 483 g/mol. The number of carbonyl (C=O) groups is 1. The van der Waals surface area contributed by atoms with E-state index in [0.29, 0.717) is 48.6 Å². The van der Waals surface area contributed by atoms with Gasteiger partial charge in [0.2, 0.25) is 0 Å². The number of nitrogens with one attached hydrogen (secondary N) is 1. The van der Waals surface area contributed by atoms with Crippen LogP contribution >= 0.6 is 0 Å². The number of rotatable bonds is 6. The highest BCUT2D eigenvalue weighted by atomic mass is 16.4. The molecule has 0 atom stereocenters. The molecule has 0 amide bonds. The van der Waals surface area contributed by atoms with E-state index < -0.39 is 11.6 Å². The maximum absolute atomic E-state index is 11.6. The van der Waals surface area contributed by atoms with Crippen molar-refractivity contribution in [2.75, 3.05) is 5.32 Å². The maximum atomic E-state index is 11.6. The summed E-state index contributed by atoms with van der Waals surface area (Å²) in [6.07, 6.45) is 7.66. The van der Waals surface area contributed by atoms with Crippen LogP contribution in [0.4, 0.5) is 11.6 Å². The zero-order valence-corrected chi connectivity index (χ0v) is 20.3. The van der Waals surface area contributed by atoms with Crippen LogP contribution in [0.25, 0.3) is 5.82 Å². The van der Waals surface area contributed by atoms with E-state index in [-0.39, 0.29) is 5.92 Å². The molecule has 8 nitrogen and oxygen atoms in total. The van der Waals surface area contributed by atoms with Gasteiger partial charge in [0.25, 0.3) is 0 Å². The van der Waals surface area contributed by atoms with Gasteiger partial charge >= 0.3 is 5.97 Å². The molecule has 1 saturated carbocycles. The van der Waals surface area contributed by atoms with E-state index in [0.717, 1.165) is 22.5 Å². The fourth-order valence-electron chi connectivity index (χ4n) is 4.98. The van der Waals surface area contributed by atoms with Crippen LogP contribution in [0.5, 0.6) is 0 Å². The molecule has 184 valence electrons. The third-order valence-electron chi connectivity index (χ3n) is 6.90. The Morgan fingerprint density at radius 1 is 1.03 bits per heavy atom. The van der Waals surface area contributed by atoms with Crippen molar-refractivity contribution in [1.82, 2.24) is 19.5 Å². The van der Waals surface area contributed by atoms with Gasteiger partial charge in [0, 0.05) is 12.4 Å². The highest BCUT2D eigenvalue weighted by Crippen LogP contribution is 2.43. The van der Waals surface area contributed by atoms with Gasteiger partial charge in [-0.25, -0.2) is 19.7 Å². The van der Waals surface area contributed by atoms with Crippen molar-refractivity contribution >= 4 is 17.6 Å². The van der Waals surface area contributed by atoms with Crippen LogP contribution in [0.15, 0.2) is 67.3 Å². The Labute approximate surface area is 209 Å². The van der Waals surface area contributed by atoms with Gasteiger partial charge < -0.3 is 15.5 Å². The van der Waals surface area contributed by atoms with Gasteiger partial charge in [-0.15, -0.1) is 0 Å². The summed E-state index contributed by atoms with van der Waals surface area (Å²) in [6, 6.07) is 15.0. The summed E-state index contributed by atoms with van der Waals surface area (Å²) in [6.45, 7) is 4.01. The molecule has 1 aliphatic rings. The Bertz CT molecular complexity index is 1410. The van der Waals surface area contributed by atoms with Crippen LogP contribution < -0.4 is 5.32 Å². The standard InChI is InChI=1S/C28H29N5O3/c1-18-9-12-29-24(13-18)31-25-14-19(2)15-26(32-25)33-16-23(30-17-33)28(36)10-7-20(8-11-28)21-5-3-4-6-22(21)27(34)35/h3-6,9,12-17,20,36H,7-8,10-11H2,1-2H3,(H,34,35)(H,29,31,32). The summed E-state index contributed by atoms with van der Waals surface area (Å²) in [4.78, 5) is 25.2. The number of aromatic nitrogens is 4. The van der Waals surface area contributed by atoms with Gasteiger partial charge in [0.05, 0.1) is 11.3 Å². The average Bonchev–Trinajstić information content (AvgIpc) is 3.36. The van der Waals surface area contributed by atoms with Gasteiger partial charge in [-0.2, -0.15) is 0 Å². The second-order valence-corrected chi connectivity index (χ2v) is 9.60. The predicted molar refractivity (Wildman–Crippen MR) is 137 cm³/mol. The Balaban J connectivity index is 1.33. The van der Waals surface area contributed by atoms with E-state index in [1.165, 1.54) is 0 Å². The number of carboxylic acid groups (broad SMARTS) is 1. The third kappa shape index (κ3) is 4.85. The number of anilines is 2. The lowest BCUT2D eigenvalue weighted by molar-refractivity contribution is -0.00932. The quantitative estimate of drug-likeness (QED) is 0.342. The van der Waals surface area contributed by atoms with Gasteiger partial charge in [-0.05, 0) is 92.5 Å². The summed E-state index contributed by atoms with van der Waals surface area (Å²) in [5.74, 6) is 1.27. The van der Waals surface area contributed by atoms with E-state index in [2.05, 4.69) is 15.3 Å². The molecule has 3 aromatic heterocycles. The number of hydrogen-bond donors (Lipinski definition) is 3. The molecule has 0 saturated heterocycles. The molecule has 1 aromatic carbocycles. The van der Waals surface area contributed by atoms with Crippen molar-refractivity contribution < 1.29 is 15.0 Å². The smallest absolute Gasteiger partial charge is 0.335 e. The maximum Gasteiger partial charge on any atom is 0.335 e. The summed E-state index contributed by atoms with van der Waals surface area (Å²) >= 11 is 0. The third-order valence-corrected chi connectivity index (χ3v) is 6.90. The molecule has 0 bridgehead atoms. The topological polar surface area (TPSA) is 113 Å². The van der Waals surface area contributed by atoms with Gasteiger partial charge in [0.15, 0.2) is 0 Å². The van der Waals surface area contributed by atoms with E-state index in [4.69, 9.17) is 4.98 Å². The fourth-order valence-corrected chi connectivity index (χ4v) is 4.98. The molecule has 1 fully saturated rings. The molecule has 3 heterocycles.